The van der Waals surface area contributed by atoms with Gasteiger partial charge in [0, 0.05) is 40.5 Å². The van der Waals surface area contributed by atoms with E-state index in [1.807, 2.05) is 49.6 Å². The van der Waals surface area contributed by atoms with Gasteiger partial charge in [-0.25, -0.2) is 9.07 Å². The van der Waals surface area contributed by atoms with Gasteiger partial charge in [0.15, 0.2) is 5.78 Å². The summed E-state index contributed by atoms with van der Waals surface area (Å²) >= 11 is 0. The van der Waals surface area contributed by atoms with Crippen LogP contribution in [-0.4, -0.2) is 26.0 Å². The molecule has 2 heterocycles. The lowest BCUT2D eigenvalue weighted by Crippen LogP contribution is -2.30. The molecule has 0 aliphatic rings. The standard InChI is InChI=1S/C25H25FN4O2/c1-15-22(16(2)30(28-15)20-11-9-19(26)10-12-20)13-27-25(32)17(3)29-14-23(18(4)31)21-7-5-6-8-24(21)29/h5-12,14,17H,13H2,1-4H3,(H,27,32)/t17-/m1/s1. The number of Topliss-reactive ketones (excluding diaryl/α,β-unsaturated/α-hetero) is 1. The molecule has 0 bridgehead atoms. The van der Waals surface area contributed by atoms with Crippen LogP contribution in [0.3, 0.4) is 0 Å². The molecule has 0 saturated carbocycles. The lowest BCUT2D eigenvalue weighted by Gasteiger charge is -2.15. The summed E-state index contributed by atoms with van der Waals surface area (Å²) in [7, 11) is 0. The first-order valence-corrected chi connectivity index (χ1v) is 10.5. The molecule has 4 aromatic rings. The molecule has 4 rings (SSSR count). The number of fused-ring (bicyclic) bond motifs is 1. The fourth-order valence-corrected chi connectivity index (χ4v) is 4.02. The van der Waals surface area contributed by atoms with Crippen molar-refractivity contribution < 1.29 is 14.0 Å². The average molecular weight is 432 g/mol. The molecule has 0 radical (unpaired) electrons. The molecule has 0 aliphatic carbocycles. The Bertz CT molecular complexity index is 1320. The van der Waals surface area contributed by atoms with Gasteiger partial charge in [0.25, 0.3) is 0 Å². The third-order valence-electron chi connectivity index (χ3n) is 5.87. The van der Waals surface area contributed by atoms with Crippen LogP contribution < -0.4 is 5.32 Å². The van der Waals surface area contributed by atoms with E-state index in [1.165, 1.54) is 19.1 Å². The van der Waals surface area contributed by atoms with Crippen LogP contribution in [0.2, 0.25) is 0 Å². The maximum Gasteiger partial charge on any atom is 0.243 e. The van der Waals surface area contributed by atoms with Gasteiger partial charge < -0.3 is 9.88 Å². The van der Waals surface area contributed by atoms with Crippen molar-refractivity contribution in [3.63, 3.8) is 0 Å². The molecular weight excluding hydrogens is 407 g/mol. The number of aromatic nitrogens is 3. The Morgan fingerprint density at radius 2 is 1.78 bits per heavy atom. The van der Waals surface area contributed by atoms with Crippen LogP contribution in [0.15, 0.2) is 54.7 Å². The van der Waals surface area contributed by atoms with Gasteiger partial charge in [-0.05, 0) is 58.0 Å². The number of aryl methyl sites for hydroxylation is 1. The smallest absolute Gasteiger partial charge is 0.243 e. The summed E-state index contributed by atoms with van der Waals surface area (Å²) in [4.78, 5) is 25.0. The van der Waals surface area contributed by atoms with Gasteiger partial charge in [-0.2, -0.15) is 5.10 Å². The van der Waals surface area contributed by atoms with Gasteiger partial charge in [-0.1, -0.05) is 18.2 Å². The Hall–Kier alpha value is -3.74. The summed E-state index contributed by atoms with van der Waals surface area (Å²) < 4.78 is 16.8. The zero-order chi connectivity index (χ0) is 23.0. The number of hydrogen-bond acceptors (Lipinski definition) is 3. The lowest BCUT2D eigenvalue weighted by molar-refractivity contribution is -0.123. The molecule has 0 unspecified atom stereocenters. The quantitative estimate of drug-likeness (QED) is 0.451. The maximum atomic E-state index is 13.3. The van der Waals surface area contributed by atoms with Crippen molar-refractivity contribution in [2.45, 2.75) is 40.3 Å². The second-order valence-corrected chi connectivity index (χ2v) is 7.95. The van der Waals surface area contributed by atoms with E-state index < -0.39 is 6.04 Å². The Labute approximate surface area is 185 Å². The molecule has 1 N–H and O–H groups in total. The number of para-hydroxylation sites is 1. The van der Waals surface area contributed by atoms with Crippen molar-refractivity contribution in [1.29, 1.82) is 0 Å². The molecule has 0 spiro atoms. The molecule has 7 heteroatoms. The summed E-state index contributed by atoms with van der Waals surface area (Å²) in [5.74, 6) is -0.497. The Balaban J connectivity index is 1.55. The molecule has 0 fully saturated rings. The van der Waals surface area contributed by atoms with Gasteiger partial charge in [0.1, 0.15) is 11.9 Å². The molecule has 6 nitrogen and oxygen atoms in total. The Morgan fingerprint density at radius 1 is 1.09 bits per heavy atom. The van der Waals surface area contributed by atoms with Gasteiger partial charge in [-0.15, -0.1) is 0 Å². The number of rotatable bonds is 6. The van der Waals surface area contributed by atoms with Crippen molar-refractivity contribution in [3.8, 4) is 5.69 Å². The highest BCUT2D eigenvalue weighted by atomic mass is 19.1. The molecule has 1 amide bonds. The number of halogens is 1. The van der Waals surface area contributed by atoms with Crippen LogP contribution in [0.4, 0.5) is 4.39 Å². The van der Waals surface area contributed by atoms with Crippen LogP contribution in [0.25, 0.3) is 16.6 Å². The SMILES string of the molecule is CC(=O)c1cn([C@H](C)C(=O)NCc2c(C)nn(-c3ccc(F)cc3)c2C)c2ccccc12. The van der Waals surface area contributed by atoms with Crippen molar-refractivity contribution >= 4 is 22.6 Å². The highest BCUT2D eigenvalue weighted by molar-refractivity contribution is 6.07. The molecule has 2 aromatic heterocycles. The number of carbonyl (C=O) groups is 2. The van der Waals surface area contributed by atoms with Gasteiger partial charge in [0.2, 0.25) is 5.91 Å². The third kappa shape index (κ3) is 3.82. The van der Waals surface area contributed by atoms with E-state index in [4.69, 9.17) is 0 Å². The molecule has 32 heavy (non-hydrogen) atoms. The number of ketones is 1. The summed E-state index contributed by atoms with van der Waals surface area (Å²) in [6.45, 7) is 7.47. The van der Waals surface area contributed by atoms with Crippen LogP contribution in [0.1, 0.15) is 47.2 Å². The maximum absolute atomic E-state index is 13.3. The van der Waals surface area contributed by atoms with Crippen LogP contribution >= 0.6 is 0 Å². The largest absolute Gasteiger partial charge is 0.350 e. The second-order valence-electron chi connectivity index (χ2n) is 7.95. The highest BCUT2D eigenvalue weighted by Crippen LogP contribution is 2.25. The minimum atomic E-state index is -0.499. The minimum absolute atomic E-state index is 0.0352. The number of nitrogens with zero attached hydrogens (tertiary/aromatic N) is 3. The number of hydrogen-bond donors (Lipinski definition) is 1. The first kappa shape index (κ1) is 21.5. The topological polar surface area (TPSA) is 68.9 Å². The first-order valence-electron chi connectivity index (χ1n) is 10.5. The third-order valence-corrected chi connectivity index (χ3v) is 5.87. The van der Waals surface area contributed by atoms with E-state index in [-0.39, 0.29) is 17.5 Å². The second kappa shape index (κ2) is 8.42. The van der Waals surface area contributed by atoms with Crippen molar-refractivity contribution in [2.24, 2.45) is 0 Å². The van der Waals surface area contributed by atoms with Crippen LogP contribution in [-0.2, 0) is 11.3 Å². The van der Waals surface area contributed by atoms with Gasteiger partial charge in [0.05, 0.1) is 11.4 Å². The van der Waals surface area contributed by atoms with Gasteiger partial charge in [-0.3, -0.25) is 9.59 Å². The van der Waals surface area contributed by atoms with Crippen LogP contribution in [0.5, 0.6) is 0 Å². The van der Waals surface area contributed by atoms with E-state index in [0.717, 1.165) is 33.5 Å². The normalized spacial score (nSPS) is 12.2. The first-order chi connectivity index (χ1) is 15.3. The number of amides is 1. The lowest BCUT2D eigenvalue weighted by atomic mass is 10.1. The number of carbonyl (C=O) groups excluding carboxylic acids is 2. The molecule has 0 saturated heterocycles. The van der Waals surface area contributed by atoms with Crippen LogP contribution in [0, 0.1) is 19.7 Å². The minimum Gasteiger partial charge on any atom is -0.350 e. The number of benzene rings is 2. The van der Waals surface area contributed by atoms with E-state index in [0.29, 0.717) is 12.1 Å². The summed E-state index contributed by atoms with van der Waals surface area (Å²) in [6, 6.07) is 13.2. The Kier molecular flexibility index (Phi) is 5.65. The van der Waals surface area contributed by atoms with E-state index in [9.17, 15) is 14.0 Å². The zero-order valence-electron chi connectivity index (χ0n) is 18.5. The molecule has 164 valence electrons. The van der Waals surface area contributed by atoms with Crippen molar-refractivity contribution in [3.05, 3.63) is 83.1 Å². The molecule has 0 aliphatic heterocycles. The fraction of sp³-hybridized carbons (Fsp3) is 0.240. The van der Waals surface area contributed by atoms with E-state index >= 15 is 0 Å². The fourth-order valence-electron chi connectivity index (χ4n) is 4.02. The zero-order valence-corrected chi connectivity index (χ0v) is 18.5. The Morgan fingerprint density at radius 3 is 2.47 bits per heavy atom. The monoisotopic (exact) mass is 432 g/mol. The van der Waals surface area contributed by atoms with Crippen molar-refractivity contribution in [1.82, 2.24) is 19.7 Å². The predicted molar refractivity (Wildman–Crippen MR) is 121 cm³/mol. The van der Waals surface area contributed by atoms with E-state index in [2.05, 4.69) is 10.4 Å². The molecule has 1 atom stereocenters. The summed E-state index contributed by atoms with van der Waals surface area (Å²) in [6.07, 6.45) is 1.75. The van der Waals surface area contributed by atoms with Crippen molar-refractivity contribution in [2.75, 3.05) is 0 Å². The molecule has 2 aromatic carbocycles. The van der Waals surface area contributed by atoms with E-state index in [1.54, 1.807) is 23.0 Å². The molecular formula is C25H25FN4O2. The predicted octanol–water partition coefficient (Wildman–Crippen LogP) is 4.66. The summed E-state index contributed by atoms with van der Waals surface area (Å²) in [5, 5.41) is 8.39. The highest BCUT2D eigenvalue weighted by Gasteiger charge is 2.21. The van der Waals surface area contributed by atoms with Gasteiger partial charge >= 0.3 is 0 Å². The summed E-state index contributed by atoms with van der Waals surface area (Å²) in [5.41, 5.74) is 4.80. The number of nitrogens with one attached hydrogen (secondary N) is 1. The average Bonchev–Trinajstić information content (AvgIpc) is 3.30.